The van der Waals surface area contributed by atoms with Crippen molar-refractivity contribution >= 4 is 27.3 Å². The van der Waals surface area contributed by atoms with Gasteiger partial charge in [-0.15, -0.1) is 11.3 Å². The molecule has 0 spiro atoms. The second-order valence-corrected chi connectivity index (χ2v) is 8.90. The first-order chi connectivity index (χ1) is 10.9. The molecule has 0 unspecified atom stereocenters. The van der Waals surface area contributed by atoms with Crippen molar-refractivity contribution in [2.75, 3.05) is 26.2 Å². The highest BCUT2D eigenvalue weighted by molar-refractivity contribution is 7.91. The van der Waals surface area contributed by atoms with Gasteiger partial charge in [-0.3, -0.25) is 4.79 Å². The highest BCUT2D eigenvalue weighted by Gasteiger charge is 2.31. The summed E-state index contributed by atoms with van der Waals surface area (Å²) in [4.78, 5) is 15.0. The summed E-state index contributed by atoms with van der Waals surface area (Å²) in [7, 11) is -3.46. The van der Waals surface area contributed by atoms with Gasteiger partial charge in [-0.1, -0.05) is 0 Å². The minimum Gasteiger partial charge on any atom is -0.469 e. The Morgan fingerprint density at radius 1 is 1.13 bits per heavy atom. The Morgan fingerprint density at radius 3 is 2.35 bits per heavy atom. The Balaban J connectivity index is 1.69. The molecular weight excluding hydrogens is 336 g/mol. The van der Waals surface area contributed by atoms with E-state index in [1.165, 1.54) is 21.9 Å². The van der Waals surface area contributed by atoms with E-state index in [-0.39, 0.29) is 5.91 Å². The smallest absolute Gasteiger partial charge is 0.257 e. The van der Waals surface area contributed by atoms with E-state index in [2.05, 4.69) is 0 Å². The van der Waals surface area contributed by atoms with Crippen molar-refractivity contribution in [2.24, 2.45) is 0 Å². The second kappa shape index (κ2) is 6.10. The predicted octanol–water partition coefficient (Wildman–Crippen LogP) is 2.10. The molecule has 2 aromatic heterocycles. The zero-order chi connectivity index (χ0) is 16.6. The van der Waals surface area contributed by atoms with Gasteiger partial charge in [0.25, 0.3) is 15.9 Å². The summed E-state index contributed by atoms with van der Waals surface area (Å²) in [6.45, 7) is 5.00. The highest BCUT2D eigenvalue weighted by Crippen LogP contribution is 2.25. The van der Waals surface area contributed by atoms with Crippen molar-refractivity contribution in [2.45, 2.75) is 18.1 Å². The van der Waals surface area contributed by atoms with Gasteiger partial charge in [0.1, 0.15) is 9.97 Å². The second-order valence-electron chi connectivity index (χ2n) is 5.45. The average molecular weight is 354 g/mol. The molecule has 124 valence electrons. The number of thiophene rings is 1. The molecule has 8 heteroatoms. The minimum atomic E-state index is -3.46. The number of sulfonamides is 1. The fraction of sp³-hybridized carbons (Fsp3) is 0.400. The molecule has 0 atom stereocenters. The molecule has 3 heterocycles. The molecule has 6 nitrogen and oxygen atoms in total. The molecule has 0 N–H and O–H groups in total. The van der Waals surface area contributed by atoms with Gasteiger partial charge in [-0.25, -0.2) is 8.42 Å². The van der Waals surface area contributed by atoms with Crippen LogP contribution in [0, 0.1) is 13.8 Å². The number of nitrogens with zero attached hydrogens (tertiary/aromatic N) is 2. The third-order valence-corrected chi connectivity index (χ3v) is 7.29. The van der Waals surface area contributed by atoms with E-state index in [4.69, 9.17) is 4.42 Å². The van der Waals surface area contributed by atoms with Crippen molar-refractivity contribution in [1.82, 2.24) is 9.21 Å². The van der Waals surface area contributed by atoms with Crippen LogP contribution >= 0.6 is 11.3 Å². The number of rotatable bonds is 3. The average Bonchev–Trinajstić information content (AvgIpc) is 3.15. The molecule has 1 saturated heterocycles. The molecule has 0 bridgehead atoms. The molecule has 0 aromatic carbocycles. The number of carbonyl (C=O) groups is 1. The molecule has 0 aliphatic carbocycles. The molecule has 1 aliphatic rings. The molecule has 2 aromatic rings. The van der Waals surface area contributed by atoms with Gasteiger partial charge >= 0.3 is 0 Å². The first kappa shape index (κ1) is 16.2. The summed E-state index contributed by atoms with van der Waals surface area (Å²) in [5.74, 6) is 0.472. The Labute approximate surface area is 139 Å². The van der Waals surface area contributed by atoms with E-state index < -0.39 is 10.0 Å². The zero-order valence-electron chi connectivity index (χ0n) is 13.0. The summed E-state index contributed by atoms with van der Waals surface area (Å²) in [6.07, 6.45) is 1.49. The molecule has 23 heavy (non-hydrogen) atoms. The molecular formula is C15H18N2O4S2. The molecule has 0 radical (unpaired) electrons. The van der Waals surface area contributed by atoms with Crippen LogP contribution in [0.25, 0.3) is 0 Å². The molecule has 3 rings (SSSR count). The Kier molecular flexibility index (Phi) is 4.31. The standard InChI is InChI=1S/C15H18N2O4S2/c1-11-3-4-14(22-11)23(19,20)17-8-6-16(7-9-17)15(18)13-5-10-21-12(13)2/h3-5,10H,6-9H2,1-2H3. The van der Waals surface area contributed by atoms with E-state index in [0.29, 0.717) is 41.7 Å². The van der Waals surface area contributed by atoms with Crippen LogP contribution in [0.1, 0.15) is 21.0 Å². The number of amides is 1. The number of hydrogen-bond donors (Lipinski definition) is 0. The van der Waals surface area contributed by atoms with Gasteiger partial charge < -0.3 is 9.32 Å². The van der Waals surface area contributed by atoms with Crippen molar-refractivity contribution in [3.8, 4) is 0 Å². The molecule has 0 saturated carbocycles. The lowest BCUT2D eigenvalue weighted by atomic mass is 10.2. The largest absolute Gasteiger partial charge is 0.469 e. The summed E-state index contributed by atoms with van der Waals surface area (Å²) in [5, 5.41) is 0. The number of piperazine rings is 1. The van der Waals surface area contributed by atoms with Crippen LogP contribution < -0.4 is 0 Å². The van der Waals surface area contributed by atoms with Gasteiger partial charge in [-0.2, -0.15) is 4.31 Å². The van der Waals surface area contributed by atoms with E-state index in [1.54, 1.807) is 30.0 Å². The van der Waals surface area contributed by atoms with Gasteiger partial charge in [-0.05, 0) is 32.0 Å². The number of carbonyl (C=O) groups excluding carboxylic acids is 1. The van der Waals surface area contributed by atoms with Crippen molar-refractivity contribution in [3.63, 3.8) is 0 Å². The van der Waals surface area contributed by atoms with Gasteiger partial charge in [0.2, 0.25) is 0 Å². The predicted molar refractivity (Wildman–Crippen MR) is 87.2 cm³/mol. The number of furan rings is 1. The Hall–Kier alpha value is -1.64. The van der Waals surface area contributed by atoms with Crippen LogP contribution in [-0.2, 0) is 10.0 Å². The quantitative estimate of drug-likeness (QED) is 0.846. The van der Waals surface area contributed by atoms with E-state index in [0.717, 1.165) is 4.88 Å². The first-order valence-corrected chi connectivity index (χ1v) is 9.55. The van der Waals surface area contributed by atoms with Crippen molar-refractivity contribution in [3.05, 3.63) is 40.7 Å². The summed E-state index contributed by atoms with van der Waals surface area (Å²) >= 11 is 1.27. The van der Waals surface area contributed by atoms with Crippen LogP contribution in [0.3, 0.4) is 0 Å². The maximum absolute atomic E-state index is 12.6. The summed E-state index contributed by atoms with van der Waals surface area (Å²) in [6, 6.07) is 5.09. The van der Waals surface area contributed by atoms with Crippen LogP contribution in [0.2, 0.25) is 0 Å². The van der Waals surface area contributed by atoms with Crippen molar-refractivity contribution in [1.29, 1.82) is 0 Å². The zero-order valence-corrected chi connectivity index (χ0v) is 14.6. The van der Waals surface area contributed by atoms with E-state index in [9.17, 15) is 13.2 Å². The maximum atomic E-state index is 12.6. The maximum Gasteiger partial charge on any atom is 0.257 e. The van der Waals surface area contributed by atoms with Crippen LogP contribution in [0.4, 0.5) is 0 Å². The fourth-order valence-corrected chi connectivity index (χ4v) is 5.45. The third kappa shape index (κ3) is 3.06. The Bertz CT molecular complexity index is 814. The van der Waals surface area contributed by atoms with Gasteiger partial charge in [0.15, 0.2) is 0 Å². The molecule has 1 fully saturated rings. The summed E-state index contributed by atoms with van der Waals surface area (Å²) < 4.78 is 32.1. The van der Waals surface area contributed by atoms with Gasteiger partial charge in [0, 0.05) is 31.1 Å². The highest BCUT2D eigenvalue weighted by atomic mass is 32.2. The van der Waals surface area contributed by atoms with Crippen LogP contribution in [0.5, 0.6) is 0 Å². The summed E-state index contributed by atoms with van der Waals surface area (Å²) in [5.41, 5.74) is 0.537. The number of hydrogen-bond acceptors (Lipinski definition) is 5. The van der Waals surface area contributed by atoms with E-state index in [1.807, 2.05) is 6.92 Å². The minimum absolute atomic E-state index is 0.111. The van der Waals surface area contributed by atoms with Crippen molar-refractivity contribution < 1.29 is 17.6 Å². The fourth-order valence-electron chi connectivity index (χ4n) is 2.59. The topological polar surface area (TPSA) is 70.8 Å². The first-order valence-electron chi connectivity index (χ1n) is 7.29. The lowest BCUT2D eigenvalue weighted by Gasteiger charge is -2.33. The normalized spacial score (nSPS) is 16.7. The van der Waals surface area contributed by atoms with Crippen LogP contribution in [0.15, 0.2) is 33.1 Å². The Morgan fingerprint density at radius 2 is 1.83 bits per heavy atom. The monoisotopic (exact) mass is 354 g/mol. The molecule has 1 amide bonds. The SMILES string of the molecule is Cc1ccc(S(=O)(=O)N2CCN(C(=O)c3ccoc3C)CC2)s1. The van der Waals surface area contributed by atoms with Crippen LogP contribution in [-0.4, -0.2) is 49.7 Å². The number of aryl methyl sites for hydroxylation is 2. The lowest BCUT2D eigenvalue weighted by molar-refractivity contribution is 0.0696. The third-order valence-electron chi connectivity index (χ3n) is 3.92. The van der Waals surface area contributed by atoms with E-state index >= 15 is 0 Å². The lowest BCUT2D eigenvalue weighted by Crippen LogP contribution is -2.50. The van der Waals surface area contributed by atoms with Gasteiger partial charge in [0.05, 0.1) is 11.8 Å². The molecule has 1 aliphatic heterocycles.